The Morgan fingerprint density at radius 3 is 2.28 bits per heavy atom. The molecule has 25 heavy (non-hydrogen) atoms. The van der Waals surface area contributed by atoms with Crippen LogP contribution in [0.15, 0.2) is 24.3 Å². The number of carbonyl (C=O) groups is 2. The van der Waals surface area contributed by atoms with Gasteiger partial charge in [-0.3, -0.25) is 4.79 Å². The Morgan fingerprint density at radius 1 is 1.00 bits per heavy atom. The smallest absolute Gasteiger partial charge is 0.338 e. The molecule has 0 atom stereocenters. The molecule has 1 aliphatic carbocycles. The van der Waals surface area contributed by atoms with Crippen LogP contribution in [0.2, 0.25) is 0 Å². The van der Waals surface area contributed by atoms with Crippen molar-refractivity contribution in [2.24, 2.45) is 5.92 Å². The first kappa shape index (κ1) is 19.5. The van der Waals surface area contributed by atoms with Crippen molar-refractivity contribution in [2.45, 2.75) is 77.7 Å². The van der Waals surface area contributed by atoms with Gasteiger partial charge in [0.1, 0.15) is 11.9 Å². The number of hydrogen-bond donors (Lipinski definition) is 0. The van der Waals surface area contributed by atoms with Gasteiger partial charge in [0.25, 0.3) is 0 Å². The Labute approximate surface area is 150 Å². The Morgan fingerprint density at radius 2 is 1.68 bits per heavy atom. The summed E-state index contributed by atoms with van der Waals surface area (Å²) in [6, 6.07) is 6.62. The SMILES string of the molecule is CCCCC(=O)Oc1ccc(C(=O)OC2CCC(CCC)CC2)cc1. The summed E-state index contributed by atoms with van der Waals surface area (Å²) in [5.41, 5.74) is 0.504. The van der Waals surface area contributed by atoms with E-state index < -0.39 is 0 Å². The molecule has 0 amide bonds. The molecule has 1 fully saturated rings. The molecule has 0 heterocycles. The quantitative estimate of drug-likeness (QED) is 0.473. The lowest BCUT2D eigenvalue weighted by molar-refractivity contribution is -0.134. The highest BCUT2D eigenvalue weighted by Crippen LogP contribution is 2.29. The molecule has 0 aliphatic heterocycles. The van der Waals surface area contributed by atoms with Crippen LogP contribution in [-0.4, -0.2) is 18.0 Å². The third-order valence-electron chi connectivity index (χ3n) is 4.82. The lowest BCUT2D eigenvalue weighted by Gasteiger charge is -2.28. The lowest BCUT2D eigenvalue weighted by Crippen LogP contribution is -2.24. The van der Waals surface area contributed by atoms with Gasteiger partial charge in [0, 0.05) is 6.42 Å². The van der Waals surface area contributed by atoms with E-state index >= 15 is 0 Å². The molecular weight excluding hydrogens is 316 g/mol. The van der Waals surface area contributed by atoms with Crippen LogP contribution in [-0.2, 0) is 9.53 Å². The van der Waals surface area contributed by atoms with E-state index in [0.29, 0.717) is 17.7 Å². The normalized spacial score (nSPS) is 20.1. The van der Waals surface area contributed by atoms with Crippen LogP contribution in [0.4, 0.5) is 0 Å². The van der Waals surface area contributed by atoms with Crippen LogP contribution in [0.1, 0.15) is 82.0 Å². The van der Waals surface area contributed by atoms with Crippen LogP contribution in [0.5, 0.6) is 5.75 Å². The summed E-state index contributed by atoms with van der Waals surface area (Å²) in [6.07, 6.45) is 8.96. The Kier molecular flexibility index (Phi) is 7.96. The molecule has 2 rings (SSSR count). The van der Waals surface area contributed by atoms with Crippen LogP contribution in [0.25, 0.3) is 0 Å². The second-order valence-corrected chi connectivity index (χ2v) is 6.94. The lowest BCUT2D eigenvalue weighted by atomic mass is 9.85. The van der Waals surface area contributed by atoms with Crippen molar-refractivity contribution in [3.8, 4) is 5.75 Å². The first-order valence-corrected chi connectivity index (χ1v) is 9.64. The molecule has 0 aromatic heterocycles. The molecule has 0 spiro atoms. The molecule has 1 aliphatic rings. The summed E-state index contributed by atoms with van der Waals surface area (Å²) >= 11 is 0. The molecule has 4 nitrogen and oxygen atoms in total. The van der Waals surface area contributed by atoms with Gasteiger partial charge in [0.05, 0.1) is 5.56 Å². The number of unbranched alkanes of at least 4 members (excludes halogenated alkanes) is 1. The highest BCUT2D eigenvalue weighted by atomic mass is 16.5. The fourth-order valence-electron chi connectivity index (χ4n) is 3.33. The van der Waals surface area contributed by atoms with E-state index in [2.05, 4.69) is 6.92 Å². The van der Waals surface area contributed by atoms with Crippen molar-refractivity contribution >= 4 is 11.9 Å². The second kappa shape index (κ2) is 10.2. The minimum atomic E-state index is -0.289. The number of hydrogen-bond acceptors (Lipinski definition) is 4. The average molecular weight is 346 g/mol. The Bertz CT molecular complexity index is 542. The zero-order valence-corrected chi connectivity index (χ0v) is 15.5. The zero-order valence-electron chi connectivity index (χ0n) is 15.5. The molecule has 0 radical (unpaired) electrons. The van der Waals surface area contributed by atoms with Crippen LogP contribution < -0.4 is 4.74 Å². The first-order valence-electron chi connectivity index (χ1n) is 9.64. The van der Waals surface area contributed by atoms with Gasteiger partial charge >= 0.3 is 11.9 Å². The second-order valence-electron chi connectivity index (χ2n) is 6.94. The van der Waals surface area contributed by atoms with Crippen LogP contribution in [0.3, 0.4) is 0 Å². The minimum Gasteiger partial charge on any atom is -0.459 e. The van der Waals surface area contributed by atoms with E-state index in [-0.39, 0.29) is 18.0 Å². The Hall–Kier alpha value is -1.84. The van der Waals surface area contributed by atoms with Crippen molar-refractivity contribution in [1.82, 2.24) is 0 Å². The van der Waals surface area contributed by atoms with Crippen molar-refractivity contribution in [3.05, 3.63) is 29.8 Å². The predicted octanol–water partition coefficient (Wildman–Crippen LogP) is 5.30. The summed E-state index contributed by atoms with van der Waals surface area (Å²) in [4.78, 5) is 23.9. The van der Waals surface area contributed by atoms with E-state index in [0.717, 1.165) is 44.4 Å². The zero-order chi connectivity index (χ0) is 18.1. The fourth-order valence-corrected chi connectivity index (χ4v) is 3.33. The van der Waals surface area contributed by atoms with Crippen LogP contribution in [0, 0.1) is 5.92 Å². The topological polar surface area (TPSA) is 52.6 Å². The summed E-state index contributed by atoms with van der Waals surface area (Å²) in [5, 5.41) is 0. The van der Waals surface area contributed by atoms with E-state index in [4.69, 9.17) is 9.47 Å². The van der Waals surface area contributed by atoms with Crippen molar-refractivity contribution < 1.29 is 19.1 Å². The first-order chi connectivity index (χ1) is 12.1. The fraction of sp³-hybridized carbons (Fsp3) is 0.619. The maximum absolute atomic E-state index is 12.3. The summed E-state index contributed by atoms with van der Waals surface area (Å²) in [5.74, 6) is 0.739. The molecular formula is C21H30O4. The van der Waals surface area contributed by atoms with Crippen molar-refractivity contribution in [1.29, 1.82) is 0 Å². The minimum absolute atomic E-state index is 0.0344. The summed E-state index contributed by atoms with van der Waals surface area (Å²) in [6.45, 7) is 4.25. The monoisotopic (exact) mass is 346 g/mol. The average Bonchev–Trinajstić information content (AvgIpc) is 2.62. The van der Waals surface area contributed by atoms with Gasteiger partial charge in [-0.25, -0.2) is 4.79 Å². The third kappa shape index (κ3) is 6.52. The van der Waals surface area contributed by atoms with Gasteiger partial charge in [0.2, 0.25) is 0 Å². The molecule has 0 N–H and O–H groups in total. The van der Waals surface area contributed by atoms with Gasteiger partial charge in [0.15, 0.2) is 0 Å². The molecule has 1 aromatic carbocycles. The van der Waals surface area contributed by atoms with Gasteiger partial charge < -0.3 is 9.47 Å². The Balaban J connectivity index is 1.79. The number of carbonyl (C=O) groups excluding carboxylic acids is 2. The van der Waals surface area contributed by atoms with Gasteiger partial charge in [-0.05, 0) is 62.3 Å². The molecule has 1 saturated carbocycles. The summed E-state index contributed by atoms with van der Waals surface area (Å²) in [7, 11) is 0. The molecule has 0 unspecified atom stereocenters. The third-order valence-corrected chi connectivity index (χ3v) is 4.82. The molecule has 0 bridgehead atoms. The van der Waals surface area contributed by atoms with E-state index in [1.54, 1.807) is 24.3 Å². The van der Waals surface area contributed by atoms with E-state index in [9.17, 15) is 9.59 Å². The van der Waals surface area contributed by atoms with Crippen LogP contribution >= 0.6 is 0 Å². The van der Waals surface area contributed by atoms with Gasteiger partial charge in [-0.2, -0.15) is 0 Å². The number of esters is 2. The maximum Gasteiger partial charge on any atom is 0.338 e. The van der Waals surface area contributed by atoms with E-state index in [1.165, 1.54) is 12.8 Å². The molecule has 0 saturated heterocycles. The number of benzene rings is 1. The molecule has 138 valence electrons. The predicted molar refractivity (Wildman–Crippen MR) is 97.7 cm³/mol. The van der Waals surface area contributed by atoms with Gasteiger partial charge in [-0.15, -0.1) is 0 Å². The number of rotatable bonds is 8. The van der Waals surface area contributed by atoms with E-state index in [1.807, 2.05) is 6.92 Å². The summed E-state index contributed by atoms with van der Waals surface area (Å²) < 4.78 is 10.9. The van der Waals surface area contributed by atoms with Gasteiger partial charge in [-0.1, -0.05) is 33.1 Å². The maximum atomic E-state index is 12.3. The highest BCUT2D eigenvalue weighted by molar-refractivity contribution is 5.89. The molecule has 1 aromatic rings. The highest BCUT2D eigenvalue weighted by Gasteiger charge is 2.23. The van der Waals surface area contributed by atoms with Crippen molar-refractivity contribution in [3.63, 3.8) is 0 Å². The number of ether oxygens (including phenoxy) is 2. The molecule has 4 heteroatoms. The largest absolute Gasteiger partial charge is 0.459 e. The van der Waals surface area contributed by atoms with Crippen molar-refractivity contribution in [2.75, 3.05) is 0 Å². The standard InChI is InChI=1S/C21H30O4/c1-3-5-7-20(22)24-18-14-10-17(11-15-18)21(23)25-19-12-8-16(6-4-2)9-13-19/h10-11,14-16,19H,3-9,12-13H2,1-2H3.